The third-order valence-corrected chi connectivity index (χ3v) is 6.74. The van der Waals surface area contributed by atoms with Crippen molar-refractivity contribution in [2.75, 3.05) is 64.4 Å². The number of rotatable bonds is 4. The number of carbonyl (C=O) groups is 2. The van der Waals surface area contributed by atoms with Crippen molar-refractivity contribution in [2.24, 2.45) is 4.99 Å². The first-order valence-electron chi connectivity index (χ1n) is 10.9. The number of hydrogen-bond acceptors (Lipinski definition) is 6. The maximum Gasteiger partial charge on any atom is 0.397 e. The molecule has 1 aromatic carbocycles. The zero-order valence-electron chi connectivity index (χ0n) is 18.4. The van der Waals surface area contributed by atoms with Crippen LogP contribution in [0, 0.1) is 13.8 Å². The van der Waals surface area contributed by atoms with Gasteiger partial charge in [0.1, 0.15) is 12.2 Å². The van der Waals surface area contributed by atoms with E-state index in [-0.39, 0.29) is 11.9 Å². The molecular weight excluding hydrogens is 396 g/mol. The number of nitrogens with zero attached hydrogens (tertiary/aromatic N) is 6. The molecule has 1 unspecified atom stereocenters. The Labute approximate surface area is 182 Å². The Balaban J connectivity index is 1.39. The number of guanidine groups is 1. The number of aliphatic imine (C=N–C) groups is 1. The second kappa shape index (κ2) is 7.72. The van der Waals surface area contributed by atoms with Gasteiger partial charge in [-0.15, -0.1) is 0 Å². The van der Waals surface area contributed by atoms with Crippen molar-refractivity contribution in [3.05, 3.63) is 29.3 Å². The molecule has 3 amide bonds. The molecule has 4 aliphatic heterocycles. The van der Waals surface area contributed by atoms with Gasteiger partial charge < -0.3 is 4.74 Å². The summed E-state index contributed by atoms with van der Waals surface area (Å²) in [6, 6.07) is 5.52. The Morgan fingerprint density at radius 3 is 2.61 bits per heavy atom. The largest absolute Gasteiger partial charge is 0.397 e. The molecule has 0 aromatic heterocycles. The van der Waals surface area contributed by atoms with Gasteiger partial charge in [0.05, 0.1) is 19.8 Å². The summed E-state index contributed by atoms with van der Waals surface area (Å²) in [7, 11) is 1.71. The monoisotopic (exact) mass is 425 g/mol. The molecule has 164 valence electrons. The van der Waals surface area contributed by atoms with Crippen LogP contribution < -0.4 is 4.90 Å². The van der Waals surface area contributed by atoms with Gasteiger partial charge in [0.15, 0.2) is 0 Å². The van der Waals surface area contributed by atoms with Crippen molar-refractivity contribution in [2.45, 2.75) is 19.9 Å². The van der Waals surface area contributed by atoms with Crippen LogP contribution in [-0.4, -0.2) is 109 Å². The predicted molar refractivity (Wildman–Crippen MR) is 117 cm³/mol. The third kappa shape index (κ3) is 3.32. The topological polar surface area (TPSA) is 71.7 Å². The SMILES string of the molecule is Cc1ccc(N2CC[N+]3=C2N=C2C3C(=O)N(CCN3CCOCC3)C(=O)N2C)cc1C. The number of anilines is 1. The number of imide groups is 1. The molecule has 5 rings (SSSR count). The average Bonchev–Trinajstić information content (AvgIpc) is 3.34. The highest BCUT2D eigenvalue weighted by molar-refractivity contribution is 6.24. The molecule has 2 fully saturated rings. The van der Waals surface area contributed by atoms with E-state index < -0.39 is 6.04 Å². The Bertz CT molecular complexity index is 997. The lowest BCUT2D eigenvalue weighted by molar-refractivity contribution is -0.525. The molecular formula is C22H29N6O3+. The first-order valence-corrected chi connectivity index (χ1v) is 10.9. The fourth-order valence-corrected chi connectivity index (χ4v) is 4.67. The van der Waals surface area contributed by atoms with E-state index in [0.717, 1.165) is 31.3 Å². The minimum absolute atomic E-state index is 0.174. The molecule has 0 bridgehead atoms. The van der Waals surface area contributed by atoms with Gasteiger partial charge in [-0.05, 0) is 37.1 Å². The van der Waals surface area contributed by atoms with Gasteiger partial charge >= 0.3 is 12.0 Å². The maximum atomic E-state index is 13.4. The van der Waals surface area contributed by atoms with E-state index in [9.17, 15) is 9.59 Å². The third-order valence-electron chi connectivity index (χ3n) is 6.74. The van der Waals surface area contributed by atoms with Crippen molar-refractivity contribution in [3.8, 4) is 0 Å². The predicted octanol–water partition coefficient (Wildman–Crippen LogP) is 0.499. The minimum atomic E-state index is -0.529. The Morgan fingerprint density at radius 1 is 1.10 bits per heavy atom. The summed E-state index contributed by atoms with van der Waals surface area (Å²) in [5.74, 6) is 1.11. The standard InChI is InChI=1S/C22H29N6O3/c1-15-4-5-17(14-16(15)2)26-8-9-27-18-19(23-21(26)27)24(3)22(30)28(20(18)29)7-6-25-10-12-31-13-11-25/h4-5,14,18H,6-13H2,1-3H3/q+1. The highest BCUT2D eigenvalue weighted by atomic mass is 16.5. The van der Waals surface area contributed by atoms with Crippen molar-refractivity contribution < 1.29 is 18.9 Å². The van der Waals surface area contributed by atoms with Gasteiger partial charge in [-0.2, -0.15) is 0 Å². The van der Waals surface area contributed by atoms with Gasteiger partial charge in [0.25, 0.3) is 5.91 Å². The van der Waals surface area contributed by atoms with Crippen molar-refractivity contribution in [1.82, 2.24) is 14.7 Å². The van der Waals surface area contributed by atoms with Crippen LogP contribution in [0.5, 0.6) is 0 Å². The smallest absolute Gasteiger partial charge is 0.379 e. The number of ether oxygens (including phenoxy) is 1. The number of amides is 3. The number of benzene rings is 1. The first kappa shape index (κ1) is 20.1. The molecule has 4 aliphatic rings. The summed E-state index contributed by atoms with van der Waals surface area (Å²) in [6.45, 7) is 9.76. The molecule has 0 radical (unpaired) electrons. The van der Waals surface area contributed by atoms with Crippen molar-refractivity contribution in [3.63, 3.8) is 0 Å². The quantitative estimate of drug-likeness (QED) is 0.657. The Kier molecular flexibility index (Phi) is 5.02. The van der Waals surface area contributed by atoms with E-state index in [4.69, 9.17) is 9.73 Å². The average molecular weight is 426 g/mol. The summed E-state index contributed by atoms with van der Waals surface area (Å²) in [6.07, 6.45) is 0. The Hall–Kier alpha value is -2.78. The highest BCUT2D eigenvalue weighted by Gasteiger charge is 2.55. The van der Waals surface area contributed by atoms with Crippen molar-refractivity contribution in [1.29, 1.82) is 0 Å². The number of fused-ring (bicyclic) bond motifs is 2. The highest BCUT2D eigenvalue weighted by Crippen LogP contribution is 2.28. The number of morpholine rings is 1. The van der Waals surface area contributed by atoms with Crippen molar-refractivity contribution >= 4 is 29.4 Å². The van der Waals surface area contributed by atoms with Gasteiger partial charge in [-0.3, -0.25) is 19.5 Å². The molecule has 31 heavy (non-hydrogen) atoms. The van der Waals surface area contributed by atoms with E-state index >= 15 is 0 Å². The summed E-state index contributed by atoms with van der Waals surface area (Å²) in [5, 5.41) is 0. The Morgan fingerprint density at radius 2 is 1.87 bits per heavy atom. The normalized spacial score (nSPS) is 24.2. The van der Waals surface area contributed by atoms with Crippen LogP contribution in [-0.2, 0) is 9.53 Å². The number of urea groups is 1. The number of carbonyl (C=O) groups excluding carboxylic acids is 2. The van der Waals surface area contributed by atoms with E-state index in [1.807, 2.05) is 4.58 Å². The zero-order valence-corrected chi connectivity index (χ0v) is 18.4. The molecule has 0 aliphatic carbocycles. The second-order valence-corrected chi connectivity index (χ2v) is 8.57. The molecule has 0 spiro atoms. The van der Waals surface area contributed by atoms with Gasteiger partial charge in [0, 0.05) is 33.2 Å². The summed E-state index contributed by atoms with van der Waals surface area (Å²) < 4.78 is 7.43. The summed E-state index contributed by atoms with van der Waals surface area (Å²) in [5.41, 5.74) is 3.53. The van der Waals surface area contributed by atoms with Crippen LogP contribution in [0.4, 0.5) is 10.5 Å². The van der Waals surface area contributed by atoms with Crippen LogP contribution in [0.2, 0.25) is 0 Å². The van der Waals surface area contributed by atoms with Crippen LogP contribution in [0.1, 0.15) is 11.1 Å². The van der Waals surface area contributed by atoms with Crippen LogP contribution >= 0.6 is 0 Å². The maximum absolute atomic E-state index is 13.4. The van der Waals surface area contributed by atoms with Crippen LogP contribution in [0.25, 0.3) is 0 Å². The number of likely N-dealkylation sites (N-methyl/N-ethyl adjacent to an activating group) is 1. The lowest BCUT2D eigenvalue weighted by Gasteiger charge is -2.35. The lowest BCUT2D eigenvalue weighted by Crippen LogP contribution is -2.63. The zero-order chi connectivity index (χ0) is 21.7. The fraction of sp³-hybridized carbons (Fsp3) is 0.545. The fourth-order valence-electron chi connectivity index (χ4n) is 4.67. The van der Waals surface area contributed by atoms with E-state index in [0.29, 0.717) is 38.7 Å². The van der Waals surface area contributed by atoms with E-state index in [1.54, 1.807) is 7.05 Å². The van der Waals surface area contributed by atoms with Gasteiger partial charge in [-0.25, -0.2) is 14.3 Å². The van der Waals surface area contributed by atoms with Gasteiger partial charge in [-0.1, -0.05) is 11.1 Å². The summed E-state index contributed by atoms with van der Waals surface area (Å²) >= 11 is 0. The molecule has 0 N–H and O–H groups in total. The lowest BCUT2D eigenvalue weighted by atomic mass is 10.1. The molecule has 2 saturated heterocycles. The molecule has 0 saturated carbocycles. The van der Waals surface area contributed by atoms with Gasteiger partial charge in [0.2, 0.25) is 11.9 Å². The molecule has 1 atom stereocenters. The molecule has 9 heteroatoms. The number of aryl methyl sites for hydroxylation is 2. The number of hydrogen-bond donors (Lipinski definition) is 0. The van der Waals surface area contributed by atoms with E-state index in [2.05, 4.69) is 41.8 Å². The number of amidine groups is 1. The minimum Gasteiger partial charge on any atom is -0.379 e. The van der Waals surface area contributed by atoms with E-state index in [1.165, 1.54) is 20.9 Å². The van der Waals surface area contributed by atoms with Crippen LogP contribution in [0.3, 0.4) is 0 Å². The second-order valence-electron chi connectivity index (χ2n) is 8.57. The molecule has 1 aromatic rings. The molecule has 4 heterocycles. The molecule has 9 nitrogen and oxygen atoms in total. The first-order chi connectivity index (χ1) is 15.0. The van der Waals surface area contributed by atoms with Crippen LogP contribution in [0.15, 0.2) is 23.2 Å². The summed E-state index contributed by atoms with van der Waals surface area (Å²) in [4.78, 5) is 38.4.